The van der Waals surface area contributed by atoms with Crippen LogP contribution >= 0.6 is 0 Å². The van der Waals surface area contributed by atoms with Crippen LogP contribution in [0.4, 0.5) is 5.69 Å². The van der Waals surface area contributed by atoms with Gasteiger partial charge in [-0.15, -0.1) is 5.10 Å². The van der Waals surface area contributed by atoms with Crippen LogP contribution in [0.1, 0.15) is 12.1 Å². The molecule has 0 amide bonds. The summed E-state index contributed by atoms with van der Waals surface area (Å²) < 4.78 is 1.72. The number of aromatic nitrogens is 3. The molecule has 0 radical (unpaired) electrons. The number of anilines is 1. The van der Waals surface area contributed by atoms with Crippen molar-refractivity contribution in [3.8, 4) is 0 Å². The predicted octanol–water partition coefficient (Wildman–Crippen LogP) is 1.17. The van der Waals surface area contributed by atoms with Gasteiger partial charge in [0.15, 0.2) is 0 Å². The van der Waals surface area contributed by atoms with Crippen LogP contribution in [0.25, 0.3) is 0 Å². The molecule has 18 heavy (non-hydrogen) atoms. The molecule has 0 bridgehead atoms. The summed E-state index contributed by atoms with van der Waals surface area (Å²) in [6.45, 7) is 2.39. The molecule has 96 valence electrons. The lowest BCUT2D eigenvalue weighted by molar-refractivity contribution is 0.706. The largest absolute Gasteiger partial charge is 0.365 e. The number of hydrogen-bond donors (Lipinski definition) is 1. The number of aryl methyl sites for hydroxylation is 1. The Hall–Kier alpha value is -1.88. The van der Waals surface area contributed by atoms with Crippen LogP contribution in [0, 0.1) is 0 Å². The Morgan fingerprint density at radius 3 is 2.67 bits per heavy atom. The maximum absolute atomic E-state index is 5.59. The first-order valence-corrected chi connectivity index (χ1v) is 6.15. The minimum absolute atomic E-state index is 0.698. The maximum Gasteiger partial charge on any atom is 0.102 e. The molecule has 5 heteroatoms. The first-order chi connectivity index (χ1) is 8.79. The van der Waals surface area contributed by atoms with E-state index in [0.29, 0.717) is 6.54 Å². The molecule has 0 aliphatic heterocycles. The second-order valence-electron chi connectivity index (χ2n) is 4.28. The lowest BCUT2D eigenvalue weighted by atomic mass is 10.2. The zero-order valence-corrected chi connectivity index (χ0v) is 10.7. The summed E-state index contributed by atoms with van der Waals surface area (Å²) >= 11 is 0. The van der Waals surface area contributed by atoms with E-state index in [2.05, 4.69) is 27.3 Å². The van der Waals surface area contributed by atoms with E-state index >= 15 is 0 Å². The molecule has 2 aromatic rings. The normalized spacial score (nSPS) is 10.6. The van der Waals surface area contributed by atoms with Gasteiger partial charge >= 0.3 is 0 Å². The summed E-state index contributed by atoms with van der Waals surface area (Å²) in [4.78, 5) is 2.27. The molecular weight excluding hydrogens is 226 g/mol. The van der Waals surface area contributed by atoms with Gasteiger partial charge < -0.3 is 10.6 Å². The molecular formula is C13H19N5. The minimum atomic E-state index is 0.698. The van der Waals surface area contributed by atoms with Crippen molar-refractivity contribution >= 4 is 5.69 Å². The van der Waals surface area contributed by atoms with E-state index in [4.69, 9.17) is 5.73 Å². The number of nitrogens with two attached hydrogens (primary N) is 1. The third-order valence-electron chi connectivity index (χ3n) is 2.76. The lowest BCUT2D eigenvalue weighted by Gasteiger charge is -2.23. The zero-order valence-electron chi connectivity index (χ0n) is 10.7. The highest BCUT2D eigenvalue weighted by molar-refractivity contribution is 5.46. The van der Waals surface area contributed by atoms with Crippen LogP contribution in [0.5, 0.6) is 0 Å². The highest BCUT2D eigenvalue weighted by Gasteiger charge is 2.08. The quantitative estimate of drug-likeness (QED) is 0.830. The smallest absolute Gasteiger partial charge is 0.102 e. The molecule has 0 aliphatic rings. The SMILES string of the molecule is Cn1cc(CN(CCCN)c2ccccc2)nn1. The molecule has 2 N–H and O–H groups in total. The molecule has 1 aromatic heterocycles. The van der Waals surface area contributed by atoms with Crippen molar-refractivity contribution in [3.05, 3.63) is 42.2 Å². The Morgan fingerprint density at radius 1 is 1.28 bits per heavy atom. The maximum atomic E-state index is 5.59. The van der Waals surface area contributed by atoms with E-state index in [-0.39, 0.29) is 0 Å². The Balaban J connectivity index is 2.10. The van der Waals surface area contributed by atoms with E-state index in [9.17, 15) is 0 Å². The van der Waals surface area contributed by atoms with Gasteiger partial charge in [0.05, 0.1) is 6.54 Å². The topological polar surface area (TPSA) is 60.0 Å². The monoisotopic (exact) mass is 245 g/mol. The average Bonchev–Trinajstić information content (AvgIpc) is 2.81. The van der Waals surface area contributed by atoms with Crippen molar-refractivity contribution in [2.45, 2.75) is 13.0 Å². The van der Waals surface area contributed by atoms with Crippen LogP contribution in [0.2, 0.25) is 0 Å². The van der Waals surface area contributed by atoms with Gasteiger partial charge in [0.25, 0.3) is 0 Å². The fourth-order valence-electron chi connectivity index (χ4n) is 1.88. The summed E-state index contributed by atoms with van der Waals surface area (Å²) in [6.07, 6.45) is 2.91. The summed E-state index contributed by atoms with van der Waals surface area (Å²) in [5.41, 5.74) is 7.76. The van der Waals surface area contributed by atoms with Gasteiger partial charge in [0.1, 0.15) is 5.69 Å². The lowest BCUT2D eigenvalue weighted by Crippen LogP contribution is -2.25. The first-order valence-electron chi connectivity index (χ1n) is 6.15. The summed E-state index contributed by atoms with van der Waals surface area (Å²) in [5.74, 6) is 0. The Morgan fingerprint density at radius 2 is 2.06 bits per heavy atom. The number of hydrogen-bond acceptors (Lipinski definition) is 4. The van der Waals surface area contributed by atoms with E-state index < -0.39 is 0 Å². The van der Waals surface area contributed by atoms with Gasteiger partial charge in [-0.05, 0) is 25.1 Å². The van der Waals surface area contributed by atoms with Gasteiger partial charge in [-0.25, -0.2) is 0 Å². The van der Waals surface area contributed by atoms with Crippen molar-refractivity contribution in [3.63, 3.8) is 0 Å². The average molecular weight is 245 g/mol. The van der Waals surface area contributed by atoms with Gasteiger partial charge in [0.2, 0.25) is 0 Å². The molecule has 0 fully saturated rings. The Bertz CT molecular complexity index is 465. The van der Waals surface area contributed by atoms with Crippen LogP contribution in [0.15, 0.2) is 36.5 Å². The van der Waals surface area contributed by atoms with Crippen LogP contribution < -0.4 is 10.6 Å². The Labute approximate surface area is 107 Å². The van der Waals surface area contributed by atoms with Crippen molar-refractivity contribution in [2.75, 3.05) is 18.0 Å². The fourth-order valence-corrected chi connectivity index (χ4v) is 1.88. The predicted molar refractivity (Wildman–Crippen MR) is 72.2 cm³/mol. The van der Waals surface area contributed by atoms with E-state index in [1.54, 1.807) is 4.68 Å². The minimum Gasteiger partial charge on any atom is -0.365 e. The summed E-state index contributed by atoms with van der Waals surface area (Å²) in [7, 11) is 1.88. The molecule has 0 saturated heterocycles. The number of para-hydroxylation sites is 1. The van der Waals surface area contributed by atoms with E-state index in [1.165, 1.54) is 5.69 Å². The summed E-state index contributed by atoms with van der Waals surface area (Å²) in [6, 6.07) is 10.3. The molecule has 1 aromatic carbocycles. The fraction of sp³-hybridized carbons (Fsp3) is 0.385. The second-order valence-corrected chi connectivity index (χ2v) is 4.28. The van der Waals surface area contributed by atoms with E-state index in [0.717, 1.165) is 25.2 Å². The molecule has 5 nitrogen and oxygen atoms in total. The number of nitrogens with zero attached hydrogens (tertiary/aromatic N) is 4. The highest BCUT2D eigenvalue weighted by Crippen LogP contribution is 2.15. The summed E-state index contributed by atoms with van der Waals surface area (Å²) in [5, 5.41) is 8.09. The van der Waals surface area contributed by atoms with Crippen molar-refractivity contribution in [2.24, 2.45) is 12.8 Å². The van der Waals surface area contributed by atoms with Crippen LogP contribution in [0.3, 0.4) is 0 Å². The van der Waals surface area contributed by atoms with Crippen molar-refractivity contribution in [1.82, 2.24) is 15.0 Å². The highest BCUT2D eigenvalue weighted by atomic mass is 15.4. The van der Waals surface area contributed by atoms with Gasteiger partial charge in [-0.2, -0.15) is 0 Å². The van der Waals surface area contributed by atoms with Crippen LogP contribution in [-0.2, 0) is 13.6 Å². The standard InChI is InChI=1S/C13H19N5/c1-17-10-12(15-16-17)11-18(9-5-8-14)13-6-3-2-4-7-13/h2-4,6-7,10H,5,8-9,11,14H2,1H3. The molecule has 1 heterocycles. The third-order valence-corrected chi connectivity index (χ3v) is 2.76. The molecule has 0 spiro atoms. The van der Waals surface area contributed by atoms with Crippen molar-refractivity contribution < 1.29 is 0 Å². The van der Waals surface area contributed by atoms with Crippen molar-refractivity contribution in [1.29, 1.82) is 0 Å². The van der Waals surface area contributed by atoms with Crippen LogP contribution in [-0.4, -0.2) is 28.1 Å². The molecule has 0 unspecified atom stereocenters. The van der Waals surface area contributed by atoms with E-state index in [1.807, 2.05) is 31.4 Å². The van der Waals surface area contributed by atoms with Gasteiger partial charge in [-0.1, -0.05) is 23.4 Å². The molecule has 2 rings (SSSR count). The zero-order chi connectivity index (χ0) is 12.8. The first kappa shape index (κ1) is 12.6. The second kappa shape index (κ2) is 6.16. The Kier molecular flexibility index (Phi) is 4.30. The molecule has 0 saturated carbocycles. The number of rotatable bonds is 6. The molecule has 0 aliphatic carbocycles. The van der Waals surface area contributed by atoms with Gasteiger partial charge in [0, 0.05) is 25.5 Å². The van der Waals surface area contributed by atoms with Gasteiger partial charge in [-0.3, -0.25) is 4.68 Å². The third kappa shape index (κ3) is 3.30. The molecule has 0 atom stereocenters. The number of benzene rings is 1.